The quantitative estimate of drug-likeness (QED) is 0.917. The largest absolute Gasteiger partial charge is 0.351 e. The first-order valence-corrected chi connectivity index (χ1v) is 6.81. The van der Waals surface area contributed by atoms with Crippen molar-refractivity contribution in [3.05, 3.63) is 34.9 Å². The van der Waals surface area contributed by atoms with Crippen LogP contribution in [0.25, 0.3) is 0 Å². The number of halogens is 1. The zero-order valence-electron chi connectivity index (χ0n) is 11.2. The summed E-state index contributed by atoms with van der Waals surface area (Å²) in [7, 11) is 1.56. The minimum Gasteiger partial charge on any atom is -0.351 e. The Labute approximate surface area is 122 Å². The van der Waals surface area contributed by atoms with Gasteiger partial charge in [0.15, 0.2) is 0 Å². The molecule has 0 saturated heterocycles. The molecule has 1 aliphatic heterocycles. The third-order valence-corrected chi connectivity index (χ3v) is 3.29. The third kappa shape index (κ3) is 3.81. The average Bonchev–Trinajstić information content (AvgIpc) is 2.42. The SMILES string of the molecule is CN1N=C(C(=O)NCCc2cccc(Cl)c2)CCC1=O. The van der Waals surface area contributed by atoms with Gasteiger partial charge in [0.25, 0.3) is 5.91 Å². The van der Waals surface area contributed by atoms with Crippen molar-refractivity contribution in [2.24, 2.45) is 5.10 Å². The highest BCUT2D eigenvalue weighted by Crippen LogP contribution is 2.11. The molecule has 6 heteroatoms. The number of nitrogens with zero attached hydrogens (tertiary/aromatic N) is 2. The number of carbonyl (C=O) groups excluding carboxylic acids is 2. The van der Waals surface area contributed by atoms with Gasteiger partial charge in [0.2, 0.25) is 5.91 Å². The first-order valence-electron chi connectivity index (χ1n) is 6.43. The van der Waals surface area contributed by atoms with Crippen LogP contribution in [0.1, 0.15) is 18.4 Å². The molecule has 2 amide bonds. The number of carbonyl (C=O) groups is 2. The van der Waals surface area contributed by atoms with Crippen molar-refractivity contribution in [3.63, 3.8) is 0 Å². The smallest absolute Gasteiger partial charge is 0.267 e. The van der Waals surface area contributed by atoms with E-state index in [4.69, 9.17) is 11.6 Å². The van der Waals surface area contributed by atoms with Crippen molar-refractivity contribution in [3.8, 4) is 0 Å². The standard InChI is InChI=1S/C14H16ClN3O2/c1-18-13(19)6-5-12(17-18)14(20)16-8-7-10-3-2-4-11(15)9-10/h2-4,9H,5-8H2,1H3,(H,16,20). The maximum absolute atomic E-state index is 11.9. The van der Waals surface area contributed by atoms with Crippen LogP contribution in [-0.2, 0) is 16.0 Å². The maximum Gasteiger partial charge on any atom is 0.267 e. The summed E-state index contributed by atoms with van der Waals surface area (Å²) in [6.45, 7) is 0.510. The van der Waals surface area contributed by atoms with Crippen LogP contribution in [0, 0.1) is 0 Å². The summed E-state index contributed by atoms with van der Waals surface area (Å²) in [4.78, 5) is 23.2. The van der Waals surface area contributed by atoms with E-state index in [0.29, 0.717) is 36.5 Å². The van der Waals surface area contributed by atoms with Gasteiger partial charge in [0.1, 0.15) is 5.71 Å². The number of amides is 2. The molecule has 0 fully saturated rings. The molecule has 0 saturated carbocycles. The Balaban J connectivity index is 1.84. The molecule has 1 aromatic rings. The lowest BCUT2D eigenvalue weighted by atomic mass is 10.1. The highest BCUT2D eigenvalue weighted by atomic mass is 35.5. The summed E-state index contributed by atoms with van der Waals surface area (Å²) in [6, 6.07) is 7.53. The van der Waals surface area contributed by atoms with E-state index in [1.54, 1.807) is 7.05 Å². The van der Waals surface area contributed by atoms with E-state index in [2.05, 4.69) is 10.4 Å². The lowest BCUT2D eigenvalue weighted by Crippen LogP contribution is -2.38. The molecule has 1 N–H and O–H groups in total. The van der Waals surface area contributed by atoms with Crippen LogP contribution in [0.4, 0.5) is 0 Å². The summed E-state index contributed by atoms with van der Waals surface area (Å²) in [6.07, 6.45) is 1.43. The lowest BCUT2D eigenvalue weighted by molar-refractivity contribution is -0.130. The van der Waals surface area contributed by atoms with Gasteiger partial charge < -0.3 is 5.32 Å². The van der Waals surface area contributed by atoms with Gasteiger partial charge in [0, 0.05) is 31.5 Å². The van der Waals surface area contributed by atoms with Crippen molar-refractivity contribution in [1.82, 2.24) is 10.3 Å². The van der Waals surface area contributed by atoms with Gasteiger partial charge in [-0.05, 0) is 24.1 Å². The van der Waals surface area contributed by atoms with E-state index in [-0.39, 0.29) is 11.8 Å². The molecule has 0 radical (unpaired) electrons. The van der Waals surface area contributed by atoms with Crippen LogP contribution >= 0.6 is 11.6 Å². The highest BCUT2D eigenvalue weighted by Gasteiger charge is 2.21. The number of hydrogen-bond donors (Lipinski definition) is 1. The van der Waals surface area contributed by atoms with Crippen molar-refractivity contribution < 1.29 is 9.59 Å². The summed E-state index contributed by atoms with van der Waals surface area (Å²) in [5.41, 5.74) is 1.47. The van der Waals surface area contributed by atoms with E-state index >= 15 is 0 Å². The molecule has 20 heavy (non-hydrogen) atoms. The molecule has 0 aromatic heterocycles. The van der Waals surface area contributed by atoms with Gasteiger partial charge in [-0.25, -0.2) is 5.01 Å². The van der Waals surface area contributed by atoms with E-state index in [1.165, 1.54) is 5.01 Å². The number of rotatable bonds is 4. The number of benzene rings is 1. The van der Waals surface area contributed by atoms with Gasteiger partial charge in [0.05, 0.1) is 0 Å². The van der Waals surface area contributed by atoms with Crippen LogP contribution < -0.4 is 5.32 Å². The van der Waals surface area contributed by atoms with Crippen LogP contribution in [0.15, 0.2) is 29.4 Å². The molecule has 106 valence electrons. The van der Waals surface area contributed by atoms with Gasteiger partial charge in [-0.2, -0.15) is 5.10 Å². The first kappa shape index (κ1) is 14.5. The topological polar surface area (TPSA) is 61.8 Å². The Morgan fingerprint density at radius 1 is 1.45 bits per heavy atom. The second kappa shape index (κ2) is 6.52. The number of nitrogens with one attached hydrogen (secondary N) is 1. The number of hydrogen-bond acceptors (Lipinski definition) is 3. The van der Waals surface area contributed by atoms with Crippen LogP contribution in [0.3, 0.4) is 0 Å². The van der Waals surface area contributed by atoms with E-state index in [0.717, 1.165) is 5.56 Å². The van der Waals surface area contributed by atoms with E-state index < -0.39 is 0 Å². The maximum atomic E-state index is 11.9. The molecule has 0 atom stereocenters. The average molecular weight is 294 g/mol. The second-order valence-electron chi connectivity index (χ2n) is 4.60. The molecule has 0 bridgehead atoms. The van der Waals surface area contributed by atoms with Crippen molar-refractivity contribution in [2.45, 2.75) is 19.3 Å². The Bertz CT molecular complexity index is 557. The zero-order valence-corrected chi connectivity index (χ0v) is 12.0. The highest BCUT2D eigenvalue weighted by molar-refractivity contribution is 6.39. The van der Waals surface area contributed by atoms with Crippen LogP contribution in [-0.4, -0.2) is 36.1 Å². The fourth-order valence-corrected chi connectivity index (χ4v) is 2.16. The fraction of sp³-hybridized carbons (Fsp3) is 0.357. The fourth-order valence-electron chi connectivity index (χ4n) is 1.95. The zero-order chi connectivity index (χ0) is 14.5. The van der Waals surface area contributed by atoms with Crippen molar-refractivity contribution in [1.29, 1.82) is 0 Å². The van der Waals surface area contributed by atoms with E-state index in [1.807, 2.05) is 24.3 Å². The summed E-state index contributed by atoms with van der Waals surface area (Å²) in [5, 5.41) is 8.68. The van der Waals surface area contributed by atoms with Crippen molar-refractivity contribution >= 4 is 29.1 Å². The van der Waals surface area contributed by atoms with Gasteiger partial charge in [-0.3, -0.25) is 9.59 Å². The normalized spacial score (nSPS) is 15.0. The van der Waals surface area contributed by atoms with Crippen LogP contribution in [0.2, 0.25) is 5.02 Å². The molecule has 2 rings (SSSR count). The predicted octanol–water partition coefficient (Wildman–Crippen LogP) is 1.61. The second-order valence-corrected chi connectivity index (χ2v) is 5.04. The van der Waals surface area contributed by atoms with Gasteiger partial charge in [-0.15, -0.1) is 0 Å². The Morgan fingerprint density at radius 2 is 2.25 bits per heavy atom. The Kier molecular flexibility index (Phi) is 4.74. The van der Waals surface area contributed by atoms with E-state index in [9.17, 15) is 9.59 Å². The summed E-state index contributed by atoms with van der Waals surface area (Å²) >= 11 is 5.89. The van der Waals surface area contributed by atoms with Gasteiger partial charge >= 0.3 is 0 Å². The molecular formula is C14H16ClN3O2. The lowest BCUT2D eigenvalue weighted by Gasteiger charge is -2.18. The molecule has 0 spiro atoms. The molecule has 1 aliphatic rings. The Hall–Kier alpha value is -1.88. The summed E-state index contributed by atoms with van der Waals surface area (Å²) in [5.74, 6) is -0.285. The van der Waals surface area contributed by atoms with Crippen LogP contribution in [0.5, 0.6) is 0 Å². The first-order chi connectivity index (χ1) is 9.56. The molecule has 0 aliphatic carbocycles. The molecule has 5 nitrogen and oxygen atoms in total. The minimum atomic E-state index is -0.216. The molecular weight excluding hydrogens is 278 g/mol. The number of hydrazone groups is 1. The third-order valence-electron chi connectivity index (χ3n) is 3.06. The predicted molar refractivity (Wildman–Crippen MR) is 77.6 cm³/mol. The monoisotopic (exact) mass is 293 g/mol. The van der Waals surface area contributed by atoms with Crippen molar-refractivity contribution in [2.75, 3.05) is 13.6 Å². The summed E-state index contributed by atoms with van der Waals surface area (Å²) < 4.78 is 0. The Morgan fingerprint density at radius 3 is 2.95 bits per heavy atom. The molecule has 1 aromatic carbocycles. The minimum absolute atomic E-state index is 0.0690. The van der Waals surface area contributed by atoms with Gasteiger partial charge in [-0.1, -0.05) is 23.7 Å². The molecule has 1 heterocycles. The molecule has 0 unspecified atom stereocenters.